The molecule has 1 aliphatic rings. The van der Waals surface area contributed by atoms with Gasteiger partial charge < -0.3 is 10.2 Å². The van der Waals surface area contributed by atoms with Gasteiger partial charge in [0.05, 0.1) is 12.0 Å². The monoisotopic (exact) mass is 350 g/mol. The summed E-state index contributed by atoms with van der Waals surface area (Å²) >= 11 is 0. The van der Waals surface area contributed by atoms with Crippen LogP contribution in [-0.2, 0) is 21.4 Å². The summed E-state index contributed by atoms with van der Waals surface area (Å²) in [6.45, 7) is 2.12. The van der Waals surface area contributed by atoms with E-state index in [1.165, 1.54) is 0 Å². The van der Waals surface area contributed by atoms with E-state index in [0.29, 0.717) is 0 Å². The third-order valence-electron chi connectivity index (χ3n) is 5.34. The predicted octanol–water partition coefficient (Wildman–Crippen LogP) is 3.77. The number of nitrogens with zero attached hydrogens (tertiary/aromatic N) is 1. The average molecular weight is 350 g/mol. The first-order valence-electron chi connectivity index (χ1n) is 9.25. The van der Waals surface area contributed by atoms with Crippen LogP contribution >= 0.6 is 0 Å². The lowest BCUT2D eigenvalue weighted by atomic mass is 9.63. The van der Waals surface area contributed by atoms with Gasteiger partial charge in [-0.25, -0.2) is 0 Å². The zero-order valence-electron chi connectivity index (χ0n) is 15.5. The minimum absolute atomic E-state index is 0.0360. The number of para-hydroxylation sites is 1. The fourth-order valence-electron chi connectivity index (χ4n) is 3.71. The number of rotatable bonds is 6. The number of likely N-dealkylation sites (N-methyl/N-ethyl adjacent to an activating group) is 1. The smallest absolute Gasteiger partial charge is 0.243 e. The standard InChI is InChI=1S/C22H26N2O2/c1-3-17-10-7-8-13-19(17)23-20(25)16-24(2)21(26)22(14-9-15-22)18-11-5-4-6-12-18/h4-8,10-13H,3,9,14-16H2,1-2H3,(H,23,25). The number of hydrogen-bond acceptors (Lipinski definition) is 2. The van der Waals surface area contributed by atoms with Crippen molar-refractivity contribution >= 4 is 17.5 Å². The van der Waals surface area contributed by atoms with Crippen molar-refractivity contribution in [3.8, 4) is 0 Å². The lowest BCUT2D eigenvalue weighted by Crippen LogP contribution is -2.51. The second kappa shape index (κ2) is 7.73. The molecule has 0 radical (unpaired) electrons. The van der Waals surface area contributed by atoms with Crippen LogP contribution in [0.1, 0.15) is 37.3 Å². The van der Waals surface area contributed by atoms with Crippen LogP contribution in [0.5, 0.6) is 0 Å². The van der Waals surface area contributed by atoms with Gasteiger partial charge in [0.25, 0.3) is 0 Å². The third-order valence-corrected chi connectivity index (χ3v) is 5.34. The van der Waals surface area contributed by atoms with Gasteiger partial charge in [-0.15, -0.1) is 0 Å². The van der Waals surface area contributed by atoms with Crippen LogP contribution in [0, 0.1) is 0 Å². The van der Waals surface area contributed by atoms with E-state index >= 15 is 0 Å². The van der Waals surface area contributed by atoms with Gasteiger partial charge in [0.2, 0.25) is 11.8 Å². The number of aryl methyl sites for hydroxylation is 1. The van der Waals surface area contributed by atoms with Crippen molar-refractivity contribution < 1.29 is 9.59 Å². The number of hydrogen-bond donors (Lipinski definition) is 1. The van der Waals surface area contributed by atoms with Gasteiger partial charge in [-0.05, 0) is 36.5 Å². The number of anilines is 1. The molecule has 0 aromatic heterocycles. The Labute approximate surface area is 155 Å². The van der Waals surface area contributed by atoms with Gasteiger partial charge in [0.1, 0.15) is 0 Å². The summed E-state index contributed by atoms with van der Waals surface area (Å²) in [5.41, 5.74) is 2.51. The van der Waals surface area contributed by atoms with E-state index in [4.69, 9.17) is 0 Å². The topological polar surface area (TPSA) is 49.4 Å². The maximum Gasteiger partial charge on any atom is 0.243 e. The molecule has 1 aliphatic carbocycles. The van der Waals surface area contributed by atoms with E-state index < -0.39 is 5.41 Å². The maximum absolute atomic E-state index is 13.1. The zero-order chi connectivity index (χ0) is 18.6. The van der Waals surface area contributed by atoms with Gasteiger partial charge in [-0.2, -0.15) is 0 Å². The molecule has 0 bridgehead atoms. The van der Waals surface area contributed by atoms with E-state index in [1.807, 2.05) is 54.6 Å². The molecule has 2 amide bonds. The summed E-state index contributed by atoms with van der Waals surface area (Å²) in [7, 11) is 1.72. The van der Waals surface area contributed by atoms with Gasteiger partial charge in [-0.1, -0.05) is 61.9 Å². The van der Waals surface area contributed by atoms with Crippen LogP contribution in [0.15, 0.2) is 54.6 Å². The molecule has 26 heavy (non-hydrogen) atoms. The molecule has 1 saturated carbocycles. The summed E-state index contributed by atoms with van der Waals surface area (Å²) in [5, 5.41) is 2.94. The van der Waals surface area contributed by atoms with Gasteiger partial charge >= 0.3 is 0 Å². The summed E-state index contributed by atoms with van der Waals surface area (Å²) in [4.78, 5) is 27.1. The number of amides is 2. The summed E-state index contributed by atoms with van der Waals surface area (Å²) < 4.78 is 0. The van der Waals surface area contributed by atoms with E-state index in [9.17, 15) is 9.59 Å². The molecule has 0 saturated heterocycles. The van der Waals surface area contributed by atoms with Crippen LogP contribution in [-0.4, -0.2) is 30.3 Å². The molecule has 0 atom stereocenters. The minimum Gasteiger partial charge on any atom is -0.336 e. The van der Waals surface area contributed by atoms with Gasteiger partial charge in [0, 0.05) is 12.7 Å². The summed E-state index contributed by atoms with van der Waals surface area (Å²) in [6, 6.07) is 17.7. The lowest BCUT2D eigenvalue weighted by molar-refractivity contribution is -0.141. The number of carbonyl (C=O) groups excluding carboxylic acids is 2. The Morgan fingerprint density at radius 3 is 2.31 bits per heavy atom. The molecule has 1 fully saturated rings. The normalized spacial score (nSPS) is 15.0. The second-order valence-corrected chi connectivity index (χ2v) is 7.02. The molecule has 2 aromatic carbocycles. The third kappa shape index (κ3) is 3.50. The molecule has 136 valence electrons. The predicted molar refractivity (Wildman–Crippen MR) is 104 cm³/mol. The molecule has 0 unspecified atom stereocenters. The molecule has 4 nitrogen and oxygen atoms in total. The van der Waals surface area contributed by atoms with Gasteiger partial charge in [-0.3, -0.25) is 9.59 Å². The maximum atomic E-state index is 13.1. The molecule has 0 spiro atoms. The molecular formula is C22H26N2O2. The molecule has 0 aliphatic heterocycles. The number of carbonyl (C=O) groups is 2. The number of benzene rings is 2. The average Bonchev–Trinajstić information content (AvgIpc) is 2.62. The molecule has 1 N–H and O–H groups in total. The van der Waals surface area contributed by atoms with Gasteiger partial charge in [0.15, 0.2) is 0 Å². The lowest BCUT2D eigenvalue weighted by Gasteiger charge is -2.43. The van der Waals surface area contributed by atoms with Crippen molar-refractivity contribution in [2.24, 2.45) is 0 Å². The Kier molecular flexibility index (Phi) is 5.40. The minimum atomic E-state index is -0.461. The Morgan fingerprint density at radius 2 is 1.69 bits per heavy atom. The van der Waals surface area contributed by atoms with Crippen LogP contribution in [0.4, 0.5) is 5.69 Å². The first kappa shape index (κ1) is 18.2. The Morgan fingerprint density at radius 1 is 1.04 bits per heavy atom. The van der Waals surface area contributed by atoms with Crippen LogP contribution in [0.2, 0.25) is 0 Å². The van der Waals surface area contributed by atoms with E-state index in [-0.39, 0.29) is 18.4 Å². The Hall–Kier alpha value is -2.62. The van der Waals surface area contributed by atoms with Crippen molar-refractivity contribution in [1.29, 1.82) is 0 Å². The van der Waals surface area contributed by atoms with E-state index in [0.717, 1.165) is 42.5 Å². The molecule has 2 aromatic rings. The van der Waals surface area contributed by atoms with E-state index in [1.54, 1.807) is 11.9 Å². The Balaban J connectivity index is 1.68. The number of nitrogens with one attached hydrogen (secondary N) is 1. The highest BCUT2D eigenvalue weighted by Gasteiger charge is 2.47. The van der Waals surface area contributed by atoms with Crippen LogP contribution in [0.25, 0.3) is 0 Å². The first-order chi connectivity index (χ1) is 12.6. The fraction of sp³-hybridized carbons (Fsp3) is 0.364. The van der Waals surface area contributed by atoms with Crippen molar-refractivity contribution in [2.45, 2.75) is 38.0 Å². The highest BCUT2D eigenvalue weighted by Crippen LogP contribution is 2.44. The zero-order valence-corrected chi connectivity index (χ0v) is 15.5. The first-order valence-corrected chi connectivity index (χ1v) is 9.25. The quantitative estimate of drug-likeness (QED) is 0.862. The van der Waals surface area contributed by atoms with Crippen molar-refractivity contribution in [2.75, 3.05) is 18.9 Å². The molecule has 3 rings (SSSR count). The molecule has 4 heteroatoms. The van der Waals surface area contributed by atoms with Crippen molar-refractivity contribution in [3.63, 3.8) is 0 Å². The second-order valence-electron chi connectivity index (χ2n) is 7.02. The van der Waals surface area contributed by atoms with Crippen molar-refractivity contribution in [1.82, 2.24) is 4.90 Å². The van der Waals surface area contributed by atoms with Crippen LogP contribution in [0.3, 0.4) is 0 Å². The fourth-order valence-corrected chi connectivity index (χ4v) is 3.71. The van der Waals surface area contributed by atoms with Crippen molar-refractivity contribution in [3.05, 3.63) is 65.7 Å². The highest BCUT2D eigenvalue weighted by atomic mass is 16.2. The SMILES string of the molecule is CCc1ccccc1NC(=O)CN(C)C(=O)C1(c2ccccc2)CCC1. The molecular weight excluding hydrogens is 324 g/mol. The molecule has 0 heterocycles. The van der Waals surface area contributed by atoms with Crippen LogP contribution < -0.4 is 5.32 Å². The summed E-state index contributed by atoms with van der Waals surface area (Å²) in [6.07, 6.45) is 3.59. The highest BCUT2D eigenvalue weighted by molar-refractivity contribution is 5.97. The van der Waals surface area contributed by atoms with E-state index in [2.05, 4.69) is 12.2 Å². The largest absolute Gasteiger partial charge is 0.336 e. The summed E-state index contributed by atoms with van der Waals surface area (Å²) in [5.74, 6) is -0.127. The Bertz CT molecular complexity index is 782.